The zero-order valence-corrected chi connectivity index (χ0v) is 9.86. The van der Waals surface area contributed by atoms with E-state index in [9.17, 15) is 13.2 Å². The van der Waals surface area contributed by atoms with E-state index in [4.69, 9.17) is 0 Å². The number of esters is 1. The number of halogens is 1. The van der Waals surface area contributed by atoms with Crippen LogP contribution in [0, 0.1) is 0 Å². The van der Waals surface area contributed by atoms with E-state index in [-0.39, 0.29) is 17.9 Å². The number of hydrogen-bond acceptors (Lipinski definition) is 4. The van der Waals surface area contributed by atoms with Crippen molar-refractivity contribution in [3.63, 3.8) is 0 Å². The van der Waals surface area contributed by atoms with Crippen molar-refractivity contribution >= 4 is 31.7 Å². The Bertz CT molecular complexity index is 247. The van der Waals surface area contributed by atoms with Crippen molar-refractivity contribution in [3.8, 4) is 0 Å². The maximum Gasteiger partial charge on any atom is 0.306 e. The lowest BCUT2D eigenvalue weighted by molar-refractivity contribution is -0.140. The van der Waals surface area contributed by atoms with Crippen LogP contribution in [0.15, 0.2) is 0 Å². The first-order valence-electron chi connectivity index (χ1n) is 3.85. The van der Waals surface area contributed by atoms with Crippen LogP contribution in [0.5, 0.6) is 0 Å². The number of carbonyl (C=O) groups is 1. The van der Waals surface area contributed by atoms with Gasteiger partial charge in [-0.15, -0.1) is 0 Å². The number of hydrogen-bond donors (Lipinski definition) is 0. The largest absolute Gasteiger partial charge is 0.469 e. The van der Waals surface area contributed by atoms with Crippen molar-refractivity contribution in [3.05, 3.63) is 0 Å². The van der Waals surface area contributed by atoms with Crippen LogP contribution in [0.3, 0.4) is 0 Å². The first-order chi connectivity index (χ1) is 6.02. The number of alkyl halides is 1. The molecule has 0 aliphatic rings. The Kier molecular flexibility index (Phi) is 6.32. The molecule has 0 aromatic rings. The Balaban J connectivity index is 3.83. The Labute approximate surface area is 86.7 Å². The van der Waals surface area contributed by atoms with Gasteiger partial charge < -0.3 is 4.74 Å². The fourth-order valence-electron chi connectivity index (χ4n) is 0.717. The second-order valence-corrected chi connectivity index (χ2v) is 5.62. The third kappa shape index (κ3) is 7.01. The topological polar surface area (TPSA) is 60.4 Å². The third-order valence-corrected chi connectivity index (χ3v) is 3.73. The Morgan fingerprint density at radius 2 is 2.00 bits per heavy atom. The van der Waals surface area contributed by atoms with Crippen molar-refractivity contribution in [2.24, 2.45) is 0 Å². The van der Waals surface area contributed by atoms with Gasteiger partial charge in [0.15, 0.2) is 9.84 Å². The van der Waals surface area contributed by atoms with E-state index in [1.165, 1.54) is 7.11 Å². The lowest BCUT2D eigenvalue weighted by atomic mass is 10.5. The van der Waals surface area contributed by atoms with Crippen molar-refractivity contribution in [1.82, 2.24) is 0 Å². The number of sulfone groups is 1. The second kappa shape index (κ2) is 6.37. The van der Waals surface area contributed by atoms with Gasteiger partial charge in [0.05, 0.1) is 25.0 Å². The average molecular weight is 273 g/mol. The van der Waals surface area contributed by atoms with E-state index in [1.54, 1.807) is 0 Å². The van der Waals surface area contributed by atoms with Crippen molar-refractivity contribution in [2.45, 2.75) is 12.8 Å². The Morgan fingerprint density at radius 1 is 1.38 bits per heavy atom. The van der Waals surface area contributed by atoms with Gasteiger partial charge in [0.1, 0.15) is 0 Å². The summed E-state index contributed by atoms with van der Waals surface area (Å²) in [6.45, 7) is 0. The van der Waals surface area contributed by atoms with Crippen LogP contribution in [0.25, 0.3) is 0 Å². The summed E-state index contributed by atoms with van der Waals surface area (Å²) in [5, 5.41) is 0.657. The number of ether oxygens (including phenoxy) is 1. The minimum absolute atomic E-state index is 0.0544. The average Bonchev–Trinajstić information content (AvgIpc) is 2.11. The Morgan fingerprint density at radius 3 is 2.46 bits per heavy atom. The molecule has 0 unspecified atom stereocenters. The molecule has 0 aliphatic carbocycles. The molecule has 0 saturated carbocycles. The molecule has 0 rings (SSSR count). The summed E-state index contributed by atoms with van der Waals surface area (Å²) in [5.74, 6) is -0.482. The summed E-state index contributed by atoms with van der Waals surface area (Å²) in [6, 6.07) is 0. The number of carbonyl (C=O) groups excluding carboxylic acids is 1. The van der Waals surface area contributed by atoms with E-state index in [2.05, 4.69) is 20.7 Å². The predicted octanol–water partition coefficient (Wildman–Crippen LogP) is 0.749. The fraction of sp³-hybridized carbons (Fsp3) is 0.857. The smallest absolute Gasteiger partial charge is 0.306 e. The quantitative estimate of drug-likeness (QED) is 0.529. The molecule has 4 nitrogen and oxygen atoms in total. The predicted molar refractivity (Wildman–Crippen MR) is 53.7 cm³/mol. The van der Waals surface area contributed by atoms with Gasteiger partial charge in [0.2, 0.25) is 0 Å². The lowest BCUT2D eigenvalue weighted by Crippen LogP contribution is -2.15. The van der Waals surface area contributed by atoms with E-state index < -0.39 is 15.8 Å². The number of methoxy groups -OCH3 is 1. The van der Waals surface area contributed by atoms with Crippen LogP contribution >= 0.6 is 15.9 Å². The van der Waals surface area contributed by atoms with E-state index >= 15 is 0 Å². The maximum absolute atomic E-state index is 11.2. The molecule has 0 N–H and O–H groups in total. The molecule has 0 aliphatic heterocycles. The van der Waals surface area contributed by atoms with Gasteiger partial charge in [0, 0.05) is 5.33 Å². The van der Waals surface area contributed by atoms with E-state index in [0.29, 0.717) is 11.8 Å². The molecular weight excluding hydrogens is 260 g/mol. The molecule has 0 aromatic carbocycles. The highest BCUT2D eigenvalue weighted by Crippen LogP contribution is 1.99. The number of rotatable bonds is 6. The van der Waals surface area contributed by atoms with Crippen LogP contribution in [0.4, 0.5) is 0 Å². The van der Waals surface area contributed by atoms with E-state index in [1.807, 2.05) is 0 Å². The van der Waals surface area contributed by atoms with Gasteiger partial charge in [0.25, 0.3) is 0 Å². The molecule has 78 valence electrons. The highest BCUT2D eigenvalue weighted by molar-refractivity contribution is 9.09. The van der Waals surface area contributed by atoms with Gasteiger partial charge in [-0.3, -0.25) is 4.79 Å². The van der Waals surface area contributed by atoms with Crippen LogP contribution in [-0.2, 0) is 19.4 Å². The normalized spacial score (nSPS) is 11.2. The summed E-state index contributed by atoms with van der Waals surface area (Å²) in [7, 11) is -1.84. The van der Waals surface area contributed by atoms with Gasteiger partial charge in [-0.1, -0.05) is 15.9 Å². The summed E-state index contributed by atoms with van der Waals surface area (Å²) in [6.07, 6.45) is 0.518. The minimum atomic E-state index is -3.08. The first kappa shape index (κ1) is 12.9. The SMILES string of the molecule is COC(=O)CCS(=O)(=O)CCCBr. The highest BCUT2D eigenvalue weighted by atomic mass is 79.9. The van der Waals surface area contributed by atoms with Crippen LogP contribution in [0.2, 0.25) is 0 Å². The molecule has 6 heteroatoms. The molecule has 0 spiro atoms. The molecule has 13 heavy (non-hydrogen) atoms. The second-order valence-electron chi connectivity index (χ2n) is 2.52. The van der Waals surface area contributed by atoms with Gasteiger partial charge in [-0.2, -0.15) is 0 Å². The van der Waals surface area contributed by atoms with Crippen molar-refractivity contribution < 1.29 is 17.9 Å². The standard InChI is InChI=1S/C7H13BrO4S/c1-12-7(9)3-6-13(10,11)5-2-4-8/h2-6H2,1H3. The molecule has 0 amide bonds. The van der Waals surface area contributed by atoms with Crippen LogP contribution in [0.1, 0.15) is 12.8 Å². The first-order valence-corrected chi connectivity index (χ1v) is 6.79. The zero-order valence-electron chi connectivity index (χ0n) is 7.45. The molecule has 0 aromatic heterocycles. The van der Waals surface area contributed by atoms with Crippen molar-refractivity contribution in [2.75, 3.05) is 23.9 Å². The van der Waals surface area contributed by atoms with Gasteiger partial charge in [-0.05, 0) is 6.42 Å². The monoisotopic (exact) mass is 272 g/mol. The Hall–Kier alpha value is -0.100. The van der Waals surface area contributed by atoms with Gasteiger partial charge >= 0.3 is 5.97 Å². The summed E-state index contributed by atoms with van der Waals surface area (Å²) in [4.78, 5) is 10.6. The fourth-order valence-corrected chi connectivity index (χ4v) is 2.63. The molecule has 0 fully saturated rings. The lowest BCUT2D eigenvalue weighted by Gasteiger charge is -2.01. The summed E-state index contributed by atoms with van der Waals surface area (Å²) >= 11 is 3.14. The molecule has 0 saturated heterocycles. The molecule has 0 radical (unpaired) electrons. The van der Waals surface area contributed by atoms with Crippen LogP contribution < -0.4 is 0 Å². The summed E-state index contributed by atoms with van der Waals surface area (Å²) in [5.41, 5.74) is 0. The molecule has 0 atom stereocenters. The van der Waals surface area contributed by atoms with Crippen LogP contribution in [-0.4, -0.2) is 38.3 Å². The summed E-state index contributed by atoms with van der Waals surface area (Å²) < 4.78 is 26.7. The molecule has 0 bridgehead atoms. The highest BCUT2D eigenvalue weighted by Gasteiger charge is 2.12. The maximum atomic E-state index is 11.2. The molecule has 0 heterocycles. The minimum Gasteiger partial charge on any atom is -0.469 e. The molecular formula is C7H13BrO4S. The van der Waals surface area contributed by atoms with Gasteiger partial charge in [-0.25, -0.2) is 8.42 Å². The third-order valence-electron chi connectivity index (χ3n) is 1.43. The van der Waals surface area contributed by atoms with Crippen molar-refractivity contribution in [1.29, 1.82) is 0 Å². The van der Waals surface area contributed by atoms with E-state index in [0.717, 1.165) is 0 Å². The zero-order chi connectivity index (χ0) is 10.3.